The van der Waals surface area contributed by atoms with Crippen molar-refractivity contribution in [3.8, 4) is 0 Å². The minimum atomic E-state index is -0.733. The number of piperidine rings is 1. The Balaban J connectivity index is 1.35. The van der Waals surface area contributed by atoms with Gasteiger partial charge >= 0.3 is 0 Å². The molecule has 0 saturated carbocycles. The minimum absolute atomic E-state index is 0.0619. The van der Waals surface area contributed by atoms with E-state index < -0.39 is 11.9 Å². The van der Waals surface area contributed by atoms with Crippen molar-refractivity contribution in [1.29, 1.82) is 0 Å². The van der Waals surface area contributed by atoms with E-state index in [0.29, 0.717) is 16.8 Å². The number of nitrogens with zero attached hydrogens (tertiary/aromatic N) is 4. The van der Waals surface area contributed by atoms with Gasteiger partial charge in [-0.15, -0.1) is 0 Å². The molecule has 14 heteroatoms. The van der Waals surface area contributed by atoms with Crippen LogP contribution < -0.4 is 10.6 Å². The number of carbonyl (C=O) groups excluding carboxylic acids is 5. The molecule has 1 saturated heterocycles. The average Bonchev–Trinajstić information content (AvgIpc) is 3.20. The molecule has 1 aromatic carbocycles. The maximum absolute atomic E-state index is 12.9. The van der Waals surface area contributed by atoms with Crippen molar-refractivity contribution in [1.82, 2.24) is 10.2 Å². The highest BCUT2D eigenvalue weighted by Gasteiger charge is 2.39. The molecule has 0 bridgehead atoms. The molecule has 0 spiro atoms. The Hall–Kier alpha value is -3.84. The summed E-state index contributed by atoms with van der Waals surface area (Å²) in [5, 5.41) is 8.33. The third-order valence-corrected chi connectivity index (χ3v) is 5.63. The number of hydrogen-bond donors (Lipinski definition) is 2. The van der Waals surface area contributed by atoms with Crippen molar-refractivity contribution in [2.24, 2.45) is 5.11 Å². The lowest BCUT2D eigenvalue weighted by atomic mass is 10.0. The van der Waals surface area contributed by atoms with Crippen molar-refractivity contribution in [3.63, 3.8) is 0 Å². The van der Waals surface area contributed by atoms with Crippen LogP contribution in [0.25, 0.3) is 10.4 Å². The summed E-state index contributed by atoms with van der Waals surface area (Å²) in [7, 11) is 0. The second-order valence-corrected chi connectivity index (χ2v) is 8.24. The number of fused-ring (bicyclic) bond motifs is 1. The van der Waals surface area contributed by atoms with Crippen LogP contribution in [0.5, 0.6) is 0 Å². The lowest BCUT2D eigenvalue weighted by Crippen LogP contribution is -2.52. The van der Waals surface area contributed by atoms with Crippen molar-refractivity contribution in [3.05, 3.63) is 39.8 Å². The molecular formula is C23H28N6O8. The first kappa shape index (κ1) is 27.7. The number of carbonyl (C=O) groups is 5. The van der Waals surface area contributed by atoms with E-state index in [0.717, 1.165) is 0 Å². The van der Waals surface area contributed by atoms with Crippen LogP contribution in [0.2, 0.25) is 0 Å². The maximum atomic E-state index is 12.9. The first-order valence-corrected chi connectivity index (χ1v) is 11.7. The Bertz CT molecular complexity index is 1090. The molecule has 3 rings (SSSR count). The number of Topliss-reactive ketones (excluding diaryl/α,β-unsaturated/α-hetero) is 1. The van der Waals surface area contributed by atoms with Crippen molar-refractivity contribution in [2.45, 2.75) is 31.8 Å². The Morgan fingerprint density at radius 1 is 1.11 bits per heavy atom. The molecule has 1 unspecified atom stereocenters. The highest BCUT2D eigenvalue weighted by atomic mass is 16.5. The van der Waals surface area contributed by atoms with Gasteiger partial charge in [0.25, 0.3) is 5.91 Å². The van der Waals surface area contributed by atoms with Crippen LogP contribution in [0, 0.1) is 0 Å². The predicted molar refractivity (Wildman–Crippen MR) is 127 cm³/mol. The lowest BCUT2D eigenvalue weighted by molar-refractivity contribution is -0.137. The molecule has 37 heavy (non-hydrogen) atoms. The van der Waals surface area contributed by atoms with E-state index in [4.69, 9.17) is 19.7 Å². The SMILES string of the molecule is [N-]=[N+]=NCCOCC(=O)COCCOCCC(=O)Nc1cccc2c1CN(C1CCC(=O)NC1=O)C2=O. The van der Waals surface area contributed by atoms with E-state index >= 15 is 0 Å². The number of nitrogens with one attached hydrogen (secondary N) is 2. The largest absolute Gasteiger partial charge is 0.379 e. The molecule has 0 aliphatic carbocycles. The van der Waals surface area contributed by atoms with Gasteiger partial charge in [-0.05, 0) is 24.1 Å². The highest BCUT2D eigenvalue weighted by Crippen LogP contribution is 2.32. The molecule has 4 amide bonds. The molecule has 198 valence electrons. The zero-order valence-corrected chi connectivity index (χ0v) is 20.1. The topological polar surface area (TPSA) is 189 Å². The van der Waals surface area contributed by atoms with Crippen molar-refractivity contribution >= 4 is 35.1 Å². The summed E-state index contributed by atoms with van der Waals surface area (Å²) in [4.78, 5) is 64.5. The third-order valence-electron chi connectivity index (χ3n) is 5.63. The van der Waals surface area contributed by atoms with Gasteiger partial charge in [0.1, 0.15) is 19.3 Å². The molecule has 1 atom stereocenters. The summed E-state index contributed by atoms with van der Waals surface area (Å²) in [6.07, 6.45) is 0.483. The second-order valence-electron chi connectivity index (χ2n) is 8.24. The molecule has 2 N–H and O–H groups in total. The smallest absolute Gasteiger partial charge is 0.255 e. The van der Waals surface area contributed by atoms with Gasteiger partial charge < -0.3 is 24.4 Å². The summed E-state index contributed by atoms with van der Waals surface area (Å²) in [5.74, 6) is -1.74. The van der Waals surface area contributed by atoms with E-state index in [1.807, 2.05) is 0 Å². The number of ether oxygens (including phenoxy) is 3. The zero-order valence-electron chi connectivity index (χ0n) is 20.1. The quantitative estimate of drug-likeness (QED) is 0.112. The number of azide groups is 1. The van der Waals surface area contributed by atoms with Gasteiger partial charge in [-0.2, -0.15) is 0 Å². The molecule has 0 radical (unpaired) electrons. The monoisotopic (exact) mass is 516 g/mol. The number of amides is 4. The number of benzene rings is 1. The van der Waals surface area contributed by atoms with Crippen LogP contribution in [-0.4, -0.2) is 86.5 Å². The first-order valence-electron chi connectivity index (χ1n) is 11.7. The Labute approximate surface area is 212 Å². The first-order chi connectivity index (χ1) is 17.9. The second kappa shape index (κ2) is 14.0. The number of anilines is 1. The van der Waals surface area contributed by atoms with Gasteiger partial charge in [0.05, 0.1) is 32.8 Å². The van der Waals surface area contributed by atoms with Gasteiger partial charge in [0.15, 0.2) is 5.78 Å². The van der Waals surface area contributed by atoms with Crippen LogP contribution in [0.4, 0.5) is 5.69 Å². The van der Waals surface area contributed by atoms with Crippen LogP contribution in [0.1, 0.15) is 35.2 Å². The van der Waals surface area contributed by atoms with Gasteiger partial charge in [-0.3, -0.25) is 29.3 Å². The van der Waals surface area contributed by atoms with Gasteiger partial charge in [0.2, 0.25) is 17.7 Å². The number of rotatable bonds is 15. The fraction of sp³-hybridized carbons (Fsp3) is 0.522. The van der Waals surface area contributed by atoms with Crippen LogP contribution >= 0.6 is 0 Å². The molecule has 1 fully saturated rings. The minimum Gasteiger partial charge on any atom is -0.379 e. The molecule has 2 aliphatic heterocycles. The molecule has 2 heterocycles. The molecular weight excluding hydrogens is 488 g/mol. The zero-order chi connectivity index (χ0) is 26.6. The molecule has 2 aliphatic rings. The van der Waals surface area contributed by atoms with Crippen LogP contribution in [0.3, 0.4) is 0 Å². The van der Waals surface area contributed by atoms with Crippen molar-refractivity contribution in [2.75, 3.05) is 51.5 Å². The fourth-order valence-corrected chi connectivity index (χ4v) is 3.86. The summed E-state index contributed by atoms with van der Waals surface area (Å²) >= 11 is 0. The number of hydrogen-bond acceptors (Lipinski definition) is 9. The number of ketones is 1. The van der Waals surface area contributed by atoms with Crippen LogP contribution in [0.15, 0.2) is 23.3 Å². The molecule has 14 nitrogen and oxygen atoms in total. The van der Waals surface area contributed by atoms with Gasteiger partial charge in [0, 0.05) is 41.2 Å². The van der Waals surface area contributed by atoms with E-state index in [2.05, 4.69) is 20.7 Å². The average molecular weight is 517 g/mol. The van der Waals surface area contributed by atoms with Gasteiger partial charge in [-0.25, -0.2) is 0 Å². The number of imide groups is 1. The Kier molecular flexibility index (Phi) is 10.5. The van der Waals surface area contributed by atoms with E-state index in [1.165, 1.54) is 4.90 Å². The fourth-order valence-electron chi connectivity index (χ4n) is 3.86. The predicted octanol–water partition coefficient (Wildman–Crippen LogP) is 0.705. The Morgan fingerprint density at radius 3 is 2.62 bits per heavy atom. The van der Waals surface area contributed by atoms with Gasteiger partial charge in [-0.1, -0.05) is 11.2 Å². The third kappa shape index (κ3) is 8.08. The Morgan fingerprint density at radius 2 is 1.86 bits per heavy atom. The van der Waals surface area contributed by atoms with E-state index in [1.54, 1.807) is 18.2 Å². The molecule has 1 aromatic rings. The van der Waals surface area contributed by atoms with E-state index in [-0.39, 0.29) is 95.5 Å². The lowest BCUT2D eigenvalue weighted by Gasteiger charge is -2.29. The van der Waals surface area contributed by atoms with E-state index in [9.17, 15) is 24.0 Å². The molecule has 0 aromatic heterocycles. The summed E-state index contributed by atoms with van der Waals surface area (Å²) in [6.45, 7) is 0.662. The highest BCUT2D eigenvalue weighted by molar-refractivity contribution is 6.06. The van der Waals surface area contributed by atoms with Crippen molar-refractivity contribution < 1.29 is 38.2 Å². The van der Waals surface area contributed by atoms with Crippen LogP contribution in [-0.2, 0) is 39.9 Å². The summed E-state index contributed by atoms with van der Waals surface area (Å²) in [6, 6.07) is 4.25. The maximum Gasteiger partial charge on any atom is 0.255 e. The normalized spacial score (nSPS) is 16.7. The summed E-state index contributed by atoms with van der Waals surface area (Å²) < 4.78 is 15.6. The standard InChI is InChI=1S/C23H28N6O8/c24-28-25-7-9-36-13-15(30)14-37-11-10-35-8-6-21(32)26-18-3-1-2-16-17(18)12-29(23(16)34)19-4-5-20(31)27-22(19)33/h1-3,19H,4-14H2,(H,26,32)(H,27,31,33). The summed E-state index contributed by atoms with van der Waals surface area (Å²) in [5.41, 5.74) is 9.64.